The molecule has 0 heterocycles. The Labute approximate surface area is 122 Å². The van der Waals surface area contributed by atoms with E-state index in [9.17, 15) is 4.39 Å². The molecule has 1 aromatic rings. The molecule has 0 spiro atoms. The van der Waals surface area contributed by atoms with Gasteiger partial charge in [-0.2, -0.15) is 0 Å². The Morgan fingerprint density at radius 3 is 2.79 bits per heavy atom. The van der Waals surface area contributed by atoms with Crippen molar-refractivity contribution in [1.82, 2.24) is 5.43 Å². The molecule has 4 unspecified atom stereocenters. The minimum absolute atomic E-state index is 0.207. The number of hydrogen-bond acceptors (Lipinski definition) is 2. The molecule has 3 rings (SSSR count). The molecule has 2 bridgehead atoms. The van der Waals surface area contributed by atoms with Crippen LogP contribution in [0.15, 0.2) is 22.7 Å². The van der Waals surface area contributed by atoms with E-state index < -0.39 is 0 Å². The molecule has 4 atom stereocenters. The molecule has 0 aromatic heterocycles. The second-order valence-electron chi connectivity index (χ2n) is 6.06. The quantitative estimate of drug-likeness (QED) is 0.657. The summed E-state index contributed by atoms with van der Waals surface area (Å²) in [5, 5.41) is 0. The number of nitrogens with two attached hydrogens (primary N) is 1. The van der Waals surface area contributed by atoms with E-state index in [1.54, 1.807) is 0 Å². The van der Waals surface area contributed by atoms with Crippen molar-refractivity contribution >= 4 is 15.9 Å². The van der Waals surface area contributed by atoms with Gasteiger partial charge in [-0.1, -0.05) is 12.5 Å². The second kappa shape index (κ2) is 5.51. The summed E-state index contributed by atoms with van der Waals surface area (Å²) in [6, 6.07) is 5.56. The van der Waals surface area contributed by atoms with E-state index in [4.69, 9.17) is 5.84 Å². The van der Waals surface area contributed by atoms with E-state index in [1.165, 1.54) is 31.7 Å². The Hall–Kier alpha value is -0.450. The first-order chi connectivity index (χ1) is 9.17. The zero-order valence-corrected chi connectivity index (χ0v) is 12.5. The predicted octanol–water partition coefficient (Wildman–Crippen LogP) is 3.40. The number of hydrogen-bond donors (Lipinski definition) is 2. The van der Waals surface area contributed by atoms with Crippen LogP contribution >= 0.6 is 15.9 Å². The van der Waals surface area contributed by atoms with E-state index in [0.29, 0.717) is 16.4 Å². The molecule has 104 valence electrons. The Morgan fingerprint density at radius 1 is 1.37 bits per heavy atom. The van der Waals surface area contributed by atoms with Crippen LogP contribution < -0.4 is 11.3 Å². The number of nitrogens with one attached hydrogen (secondary N) is 1. The lowest BCUT2D eigenvalue weighted by Crippen LogP contribution is -2.44. The van der Waals surface area contributed by atoms with Gasteiger partial charge in [0.05, 0.1) is 4.47 Å². The fourth-order valence-corrected chi connectivity index (χ4v) is 4.47. The maximum atomic E-state index is 13.3. The van der Waals surface area contributed by atoms with Gasteiger partial charge in [-0.05, 0) is 77.1 Å². The van der Waals surface area contributed by atoms with Gasteiger partial charge in [0.15, 0.2) is 0 Å². The lowest BCUT2D eigenvalue weighted by atomic mass is 9.81. The average molecular weight is 327 g/mol. The molecular formula is C15H20BrFN2. The highest BCUT2D eigenvalue weighted by Crippen LogP contribution is 2.49. The highest BCUT2D eigenvalue weighted by atomic mass is 79.9. The maximum absolute atomic E-state index is 13.3. The molecule has 2 aliphatic carbocycles. The fourth-order valence-electron chi connectivity index (χ4n) is 4.04. The van der Waals surface area contributed by atoms with Gasteiger partial charge in [0, 0.05) is 6.04 Å². The first-order valence-corrected chi connectivity index (χ1v) is 7.86. The van der Waals surface area contributed by atoms with Crippen LogP contribution in [-0.2, 0) is 6.42 Å². The molecule has 4 heteroatoms. The Kier molecular flexibility index (Phi) is 3.92. The van der Waals surface area contributed by atoms with E-state index in [2.05, 4.69) is 21.4 Å². The van der Waals surface area contributed by atoms with Gasteiger partial charge < -0.3 is 0 Å². The molecule has 0 amide bonds. The van der Waals surface area contributed by atoms with Crippen LogP contribution in [0.5, 0.6) is 0 Å². The molecule has 2 saturated carbocycles. The van der Waals surface area contributed by atoms with E-state index >= 15 is 0 Å². The van der Waals surface area contributed by atoms with Crippen molar-refractivity contribution in [1.29, 1.82) is 0 Å². The molecular weight excluding hydrogens is 307 g/mol. The third-order valence-corrected chi connectivity index (χ3v) is 5.57. The number of rotatable bonds is 4. The summed E-state index contributed by atoms with van der Waals surface area (Å²) < 4.78 is 13.8. The largest absolute Gasteiger partial charge is 0.271 e. The summed E-state index contributed by atoms with van der Waals surface area (Å²) in [6.07, 6.45) is 6.34. The van der Waals surface area contributed by atoms with Crippen molar-refractivity contribution in [2.24, 2.45) is 23.6 Å². The molecule has 19 heavy (non-hydrogen) atoms. The number of fused-ring (bicyclic) bond motifs is 2. The third-order valence-electron chi connectivity index (χ3n) is 4.96. The molecule has 2 fully saturated rings. The van der Waals surface area contributed by atoms with Gasteiger partial charge in [0.2, 0.25) is 0 Å². The lowest BCUT2D eigenvalue weighted by molar-refractivity contribution is 0.248. The van der Waals surface area contributed by atoms with Crippen LogP contribution in [0.2, 0.25) is 0 Å². The average Bonchev–Trinajstić information content (AvgIpc) is 3.02. The van der Waals surface area contributed by atoms with Gasteiger partial charge in [0.25, 0.3) is 0 Å². The van der Waals surface area contributed by atoms with Crippen LogP contribution in [0.3, 0.4) is 0 Å². The van der Waals surface area contributed by atoms with Gasteiger partial charge >= 0.3 is 0 Å². The molecule has 2 aliphatic rings. The van der Waals surface area contributed by atoms with Crippen molar-refractivity contribution in [2.45, 2.75) is 38.1 Å². The molecule has 0 radical (unpaired) electrons. The lowest BCUT2D eigenvalue weighted by Gasteiger charge is -2.30. The number of hydrazine groups is 1. The monoisotopic (exact) mass is 326 g/mol. The summed E-state index contributed by atoms with van der Waals surface area (Å²) in [6.45, 7) is 0. The molecule has 2 nitrogen and oxygen atoms in total. The molecule has 3 N–H and O–H groups in total. The Bertz CT molecular complexity index is 465. The topological polar surface area (TPSA) is 38.0 Å². The zero-order valence-electron chi connectivity index (χ0n) is 10.9. The second-order valence-corrected chi connectivity index (χ2v) is 6.92. The fraction of sp³-hybridized carbons (Fsp3) is 0.600. The summed E-state index contributed by atoms with van der Waals surface area (Å²) in [4.78, 5) is 0. The SMILES string of the molecule is NNC(Cc1ccc(F)c(Br)c1)C1CC2CCC1C2. The normalized spacial score (nSPS) is 30.8. The molecule has 1 aromatic carbocycles. The highest BCUT2D eigenvalue weighted by Gasteiger charge is 2.42. The van der Waals surface area contributed by atoms with Crippen LogP contribution in [0, 0.1) is 23.6 Å². The van der Waals surface area contributed by atoms with Gasteiger partial charge in [-0.25, -0.2) is 4.39 Å². The third kappa shape index (κ3) is 2.71. The minimum Gasteiger partial charge on any atom is -0.271 e. The Balaban J connectivity index is 1.71. The predicted molar refractivity (Wildman–Crippen MR) is 77.9 cm³/mol. The highest BCUT2D eigenvalue weighted by molar-refractivity contribution is 9.10. The van der Waals surface area contributed by atoms with E-state index in [-0.39, 0.29) is 5.82 Å². The van der Waals surface area contributed by atoms with E-state index in [0.717, 1.165) is 23.8 Å². The first kappa shape index (κ1) is 13.5. The van der Waals surface area contributed by atoms with Crippen LogP contribution in [-0.4, -0.2) is 6.04 Å². The minimum atomic E-state index is -0.207. The molecule has 0 aliphatic heterocycles. The van der Waals surface area contributed by atoms with Crippen molar-refractivity contribution in [3.63, 3.8) is 0 Å². The van der Waals surface area contributed by atoms with Gasteiger partial charge in [0.1, 0.15) is 5.82 Å². The summed E-state index contributed by atoms with van der Waals surface area (Å²) in [5.41, 5.74) is 4.14. The first-order valence-electron chi connectivity index (χ1n) is 7.07. The van der Waals surface area contributed by atoms with Crippen molar-refractivity contribution in [2.75, 3.05) is 0 Å². The van der Waals surface area contributed by atoms with Crippen molar-refractivity contribution in [3.05, 3.63) is 34.1 Å². The van der Waals surface area contributed by atoms with Gasteiger partial charge in [-0.15, -0.1) is 0 Å². The van der Waals surface area contributed by atoms with Gasteiger partial charge in [-0.3, -0.25) is 11.3 Å². The van der Waals surface area contributed by atoms with E-state index in [1.807, 2.05) is 12.1 Å². The molecule has 0 saturated heterocycles. The van der Waals surface area contributed by atoms with Crippen LogP contribution in [0.4, 0.5) is 4.39 Å². The maximum Gasteiger partial charge on any atom is 0.137 e. The smallest absolute Gasteiger partial charge is 0.137 e. The summed E-state index contributed by atoms with van der Waals surface area (Å²) >= 11 is 3.25. The summed E-state index contributed by atoms with van der Waals surface area (Å²) in [7, 11) is 0. The Morgan fingerprint density at radius 2 is 2.21 bits per heavy atom. The van der Waals surface area contributed by atoms with Crippen molar-refractivity contribution < 1.29 is 4.39 Å². The standard InChI is InChI=1S/C15H20BrFN2/c16-13-7-10(2-4-14(13)17)8-15(19-18)12-6-9-1-3-11(12)5-9/h2,4,7,9,11-12,15,19H,1,3,5-6,8,18H2. The van der Waals surface area contributed by atoms with Crippen LogP contribution in [0.1, 0.15) is 31.2 Å². The number of benzene rings is 1. The van der Waals surface area contributed by atoms with Crippen molar-refractivity contribution in [3.8, 4) is 0 Å². The summed E-state index contributed by atoms with van der Waals surface area (Å²) in [5.74, 6) is 8.01. The van der Waals surface area contributed by atoms with Crippen LogP contribution in [0.25, 0.3) is 0 Å². The zero-order chi connectivity index (χ0) is 13.4. The number of halogens is 2.